The van der Waals surface area contributed by atoms with Crippen molar-refractivity contribution in [3.8, 4) is 11.5 Å². The predicted molar refractivity (Wildman–Crippen MR) is 143 cm³/mol. The lowest BCUT2D eigenvalue weighted by Crippen LogP contribution is -2.19. The number of thioether (sulfide) groups is 1. The zero-order valence-electron chi connectivity index (χ0n) is 19.0. The molecule has 0 radical (unpaired) electrons. The Bertz CT molecular complexity index is 1370. The second kappa shape index (κ2) is 11.5. The van der Waals surface area contributed by atoms with Gasteiger partial charge in [-0.1, -0.05) is 47.5 Å². The van der Waals surface area contributed by atoms with Gasteiger partial charge in [0.05, 0.1) is 32.8 Å². The summed E-state index contributed by atoms with van der Waals surface area (Å²) >= 11 is 13.4. The maximum absolute atomic E-state index is 12.5. The fraction of sp³-hybridized carbons (Fsp3) is 0.115. The first kappa shape index (κ1) is 25.6. The van der Waals surface area contributed by atoms with Crippen molar-refractivity contribution in [2.75, 3.05) is 6.61 Å². The van der Waals surface area contributed by atoms with Crippen LogP contribution in [0.25, 0.3) is 6.08 Å². The second-order valence-corrected chi connectivity index (χ2v) is 9.30. The van der Waals surface area contributed by atoms with E-state index in [1.54, 1.807) is 48.5 Å². The van der Waals surface area contributed by atoms with E-state index in [1.165, 1.54) is 23.9 Å². The Kier molecular flexibility index (Phi) is 8.20. The number of aromatic carboxylic acids is 1. The maximum atomic E-state index is 12.5. The number of carboxylic acid groups (broad SMARTS) is 1. The Balaban J connectivity index is 1.50. The number of nitrogens with one attached hydrogen (secondary N) is 1. The zero-order valence-corrected chi connectivity index (χ0v) is 21.3. The van der Waals surface area contributed by atoms with Gasteiger partial charge in [-0.25, -0.2) is 9.79 Å². The van der Waals surface area contributed by atoms with Crippen molar-refractivity contribution in [2.24, 2.45) is 4.99 Å². The van der Waals surface area contributed by atoms with Crippen molar-refractivity contribution < 1.29 is 24.2 Å². The van der Waals surface area contributed by atoms with E-state index >= 15 is 0 Å². The van der Waals surface area contributed by atoms with Gasteiger partial charge < -0.3 is 19.9 Å². The Labute approximate surface area is 221 Å². The fourth-order valence-electron chi connectivity index (χ4n) is 3.23. The molecule has 2 N–H and O–H groups in total. The highest BCUT2D eigenvalue weighted by Gasteiger charge is 2.24. The Hall–Kier alpha value is -3.46. The highest BCUT2D eigenvalue weighted by atomic mass is 35.5. The van der Waals surface area contributed by atoms with Crippen molar-refractivity contribution in [1.29, 1.82) is 0 Å². The molecule has 4 rings (SSSR count). The molecule has 0 spiro atoms. The van der Waals surface area contributed by atoms with Crippen LogP contribution in [0.15, 0.2) is 70.6 Å². The van der Waals surface area contributed by atoms with Crippen LogP contribution in [0.2, 0.25) is 10.0 Å². The normalized spacial score (nSPS) is 15.2. The molecule has 0 aliphatic carbocycles. The van der Waals surface area contributed by atoms with Gasteiger partial charge in [-0.3, -0.25) is 4.79 Å². The summed E-state index contributed by atoms with van der Waals surface area (Å²) in [5.74, 6) is -0.203. The standard InChI is InChI=1S/C26H20Cl2N2O5S/c1-2-34-21-12-16(8-11-20(21)35-14-15-6-9-17(10-7-15)25(32)33)13-22-24(31)30-26(36-22)29-19-5-3-4-18(27)23(19)28/h3-13H,2,14H2,1H3,(H,32,33)(H,29,30,31)/b22-13+. The number of carboxylic acids is 1. The number of hydrogen-bond donors (Lipinski definition) is 2. The Morgan fingerprint density at radius 3 is 2.58 bits per heavy atom. The van der Waals surface area contributed by atoms with E-state index in [2.05, 4.69) is 10.3 Å². The average molecular weight is 543 g/mol. The van der Waals surface area contributed by atoms with Crippen LogP contribution in [-0.2, 0) is 11.4 Å². The second-order valence-electron chi connectivity index (χ2n) is 7.48. The minimum absolute atomic E-state index is 0.212. The Morgan fingerprint density at radius 1 is 1.08 bits per heavy atom. The minimum atomic E-state index is -0.980. The molecule has 184 valence electrons. The topological polar surface area (TPSA) is 97.2 Å². The molecule has 0 atom stereocenters. The van der Waals surface area contributed by atoms with Crippen LogP contribution in [0, 0.1) is 0 Å². The molecular formula is C26H20Cl2N2O5S. The van der Waals surface area contributed by atoms with E-state index in [0.29, 0.717) is 43.9 Å². The monoisotopic (exact) mass is 542 g/mol. The van der Waals surface area contributed by atoms with Crippen LogP contribution in [0.3, 0.4) is 0 Å². The highest BCUT2D eigenvalue weighted by molar-refractivity contribution is 8.18. The smallest absolute Gasteiger partial charge is 0.335 e. The first-order chi connectivity index (χ1) is 17.3. The molecule has 1 saturated heterocycles. The zero-order chi connectivity index (χ0) is 25.7. The van der Waals surface area contributed by atoms with Crippen molar-refractivity contribution in [2.45, 2.75) is 13.5 Å². The molecule has 0 bridgehead atoms. The van der Waals surface area contributed by atoms with Gasteiger partial charge in [-0.2, -0.15) is 0 Å². The van der Waals surface area contributed by atoms with Crippen LogP contribution >= 0.6 is 35.0 Å². The molecule has 1 aliphatic rings. The fourth-order valence-corrected chi connectivity index (χ4v) is 4.40. The molecule has 1 amide bonds. The predicted octanol–water partition coefficient (Wildman–Crippen LogP) is 6.56. The van der Waals surface area contributed by atoms with E-state index in [0.717, 1.165) is 11.1 Å². The van der Waals surface area contributed by atoms with Crippen LogP contribution < -0.4 is 14.8 Å². The molecule has 3 aromatic rings. The first-order valence-electron chi connectivity index (χ1n) is 10.8. The number of aliphatic imine (C=N–C) groups is 1. The average Bonchev–Trinajstić information content (AvgIpc) is 3.20. The van der Waals surface area contributed by atoms with Crippen LogP contribution in [0.4, 0.5) is 5.69 Å². The number of nitrogens with zero attached hydrogens (tertiary/aromatic N) is 1. The maximum Gasteiger partial charge on any atom is 0.335 e. The van der Waals surface area contributed by atoms with Gasteiger partial charge in [0.2, 0.25) is 0 Å². The van der Waals surface area contributed by atoms with Crippen molar-refractivity contribution in [1.82, 2.24) is 5.32 Å². The number of hydrogen-bond acceptors (Lipinski definition) is 6. The third-order valence-corrected chi connectivity index (χ3v) is 6.68. The van der Waals surface area contributed by atoms with Crippen LogP contribution in [0.1, 0.15) is 28.4 Å². The lowest BCUT2D eigenvalue weighted by atomic mass is 10.1. The quantitative estimate of drug-likeness (QED) is 0.313. The van der Waals surface area contributed by atoms with Gasteiger partial charge in [0.25, 0.3) is 5.91 Å². The summed E-state index contributed by atoms with van der Waals surface area (Å²) in [5, 5.41) is 12.9. The molecule has 3 aromatic carbocycles. The van der Waals surface area contributed by atoms with Crippen molar-refractivity contribution >= 4 is 63.8 Å². The van der Waals surface area contributed by atoms with Gasteiger partial charge >= 0.3 is 5.97 Å². The summed E-state index contributed by atoms with van der Waals surface area (Å²) in [5.41, 5.74) is 2.24. The number of carbonyl (C=O) groups is 2. The van der Waals surface area contributed by atoms with E-state index in [9.17, 15) is 9.59 Å². The summed E-state index contributed by atoms with van der Waals surface area (Å²) in [7, 11) is 0. The van der Waals surface area contributed by atoms with E-state index in [1.807, 2.05) is 13.0 Å². The van der Waals surface area contributed by atoms with Gasteiger partial charge in [0.15, 0.2) is 16.7 Å². The van der Waals surface area contributed by atoms with Gasteiger partial charge in [0, 0.05) is 0 Å². The number of halogens is 2. The van der Waals surface area contributed by atoms with E-state index < -0.39 is 5.97 Å². The van der Waals surface area contributed by atoms with Crippen LogP contribution in [-0.4, -0.2) is 28.8 Å². The molecule has 0 saturated carbocycles. The van der Waals surface area contributed by atoms with Crippen LogP contribution in [0.5, 0.6) is 11.5 Å². The van der Waals surface area contributed by atoms with Crippen molar-refractivity contribution in [3.63, 3.8) is 0 Å². The van der Waals surface area contributed by atoms with Gasteiger partial charge in [0.1, 0.15) is 6.61 Å². The summed E-state index contributed by atoms with van der Waals surface area (Å²) in [4.78, 5) is 28.4. The van der Waals surface area contributed by atoms with Gasteiger partial charge in [-0.05, 0) is 72.3 Å². The molecule has 0 unspecified atom stereocenters. The molecule has 1 heterocycles. The molecule has 7 nitrogen and oxygen atoms in total. The lowest BCUT2D eigenvalue weighted by Gasteiger charge is -2.13. The lowest BCUT2D eigenvalue weighted by molar-refractivity contribution is -0.115. The molecular weight excluding hydrogens is 523 g/mol. The summed E-state index contributed by atoms with van der Waals surface area (Å²) < 4.78 is 11.6. The van der Waals surface area contributed by atoms with E-state index in [4.69, 9.17) is 37.8 Å². The largest absolute Gasteiger partial charge is 0.490 e. The SMILES string of the molecule is CCOc1cc(/C=C2/SC(=Nc3cccc(Cl)c3Cl)NC2=O)ccc1OCc1ccc(C(=O)O)cc1. The molecule has 10 heteroatoms. The number of carbonyl (C=O) groups excluding carboxylic acids is 1. The summed E-state index contributed by atoms with van der Waals surface area (Å²) in [6.07, 6.45) is 1.74. The van der Waals surface area contributed by atoms with E-state index in [-0.39, 0.29) is 18.1 Å². The first-order valence-corrected chi connectivity index (χ1v) is 12.4. The molecule has 1 aliphatic heterocycles. The number of amides is 1. The number of amidine groups is 1. The van der Waals surface area contributed by atoms with Crippen molar-refractivity contribution in [3.05, 3.63) is 92.3 Å². The number of rotatable bonds is 8. The highest BCUT2D eigenvalue weighted by Crippen LogP contribution is 2.35. The number of ether oxygens (including phenoxy) is 2. The minimum Gasteiger partial charge on any atom is -0.490 e. The Morgan fingerprint density at radius 2 is 1.86 bits per heavy atom. The third-order valence-electron chi connectivity index (χ3n) is 4.96. The van der Waals surface area contributed by atoms with Gasteiger partial charge in [-0.15, -0.1) is 0 Å². The number of benzene rings is 3. The summed E-state index contributed by atoms with van der Waals surface area (Å²) in [6, 6.07) is 16.9. The molecule has 1 fully saturated rings. The summed E-state index contributed by atoms with van der Waals surface area (Å²) in [6.45, 7) is 2.53. The third kappa shape index (κ3) is 6.20. The molecule has 36 heavy (non-hydrogen) atoms. The molecule has 0 aromatic heterocycles.